The van der Waals surface area contributed by atoms with E-state index in [0.717, 1.165) is 25.8 Å². The molecule has 1 amide bonds. The molecular weight excluding hydrogens is 138 g/mol. The van der Waals surface area contributed by atoms with Crippen LogP contribution in [0, 0.1) is 6.92 Å². The van der Waals surface area contributed by atoms with Crippen molar-refractivity contribution in [2.24, 2.45) is 0 Å². The number of hydrogen-bond acceptors (Lipinski definition) is 1. The van der Waals surface area contributed by atoms with Crippen LogP contribution < -0.4 is 0 Å². The summed E-state index contributed by atoms with van der Waals surface area (Å²) >= 11 is 0. The van der Waals surface area contributed by atoms with Gasteiger partial charge in [-0.3, -0.25) is 4.79 Å². The lowest BCUT2D eigenvalue weighted by atomic mass is 10.0. The summed E-state index contributed by atoms with van der Waals surface area (Å²) in [6.07, 6.45) is 4.42. The maximum absolute atomic E-state index is 11.1. The molecule has 1 rings (SSSR count). The Balaban J connectivity index is 2.51. The van der Waals surface area contributed by atoms with E-state index in [1.165, 1.54) is 6.42 Å². The predicted molar refractivity (Wildman–Crippen MR) is 45.0 cm³/mol. The summed E-state index contributed by atoms with van der Waals surface area (Å²) in [7, 11) is 0. The molecule has 2 heteroatoms. The number of likely N-dealkylation sites (tertiary alicyclic amines) is 1. The molecule has 0 aromatic heterocycles. The minimum absolute atomic E-state index is 0.207. The van der Waals surface area contributed by atoms with Gasteiger partial charge in [-0.2, -0.15) is 0 Å². The number of rotatable bonds is 1. The minimum Gasteiger partial charge on any atom is -0.340 e. The molecule has 1 atom stereocenters. The molecule has 1 saturated heterocycles. The Labute approximate surface area is 68.6 Å². The van der Waals surface area contributed by atoms with E-state index in [1.807, 2.05) is 4.90 Å². The van der Waals surface area contributed by atoms with Crippen LogP contribution in [0.4, 0.5) is 0 Å². The first-order valence-electron chi connectivity index (χ1n) is 4.32. The van der Waals surface area contributed by atoms with Crippen LogP contribution in [0.1, 0.15) is 32.6 Å². The molecular formula is C9H16NO. The van der Waals surface area contributed by atoms with E-state index in [2.05, 4.69) is 6.92 Å². The SMILES string of the molecule is [CH2]CC1CCCCN1C(C)=O. The summed E-state index contributed by atoms with van der Waals surface area (Å²) in [5, 5.41) is 0. The molecule has 63 valence electrons. The summed E-state index contributed by atoms with van der Waals surface area (Å²) in [4.78, 5) is 13.0. The largest absolute Gasteiger partial charge is 0.340 e. The maximum Gasteiger partial charge on any atom is 0.219 e. The highest BCUT2D eigenvalue weighted by molar-refractivity contribution is 5.73. The lowest BCUT2D eigenvalue weighted by Gasteiger charge is -2.34. The maximum atomic E-state index is 11.1. The van der Waals surface area contributed by atoms with Gasteiger partial charge in [0.25, 0.3) is 0 Å². The summed E-state index contributed by atoms with van der Waals surface area (Å²) in [6, 6.07) is 0.418. The topological polar surface area (TPSA) is 20.3 Å². The molecule has 1 heterocycles. The molecule has 1 aliphatic rings. The minimum atomic E-state index is 0.207. The van der Waals surface area contributed by atoms with Crippen molar-refractivity contribution in [3.63, 3.8) is 0 Å². The van der Waals surface area contributed by atoms with Crippen LogP contribution in [0.3, 0.4) is 0 Å². The normalized spacial score (nSPS) is 25.3. The van der Waals surface area contributed by atoms with Crippen LogP contribution in [0.5, 0.6) is 0 Å². The van der Waals surface area contributed by atoms with Crippen LogP contribution in [-0.2, 0) is 4.79 Å². The van der Waals surface area contributed by atoms with E-state index >= 15 is 0 Å². The van der Waals surface area contributed by atoms with Gasteiger partial charge in [-0.25, -0.2) is 0 Å². The number of hydrogen-bond donors (Lipinski definition) is 0. The van der Waals surface area contributed by atoms with Gasteiger partial charge >= 0.3 is 0 Å². The Kier molecular flexibility index (Phi) is 2.92. The van der Waals surface area contributed by atoms with E-state index in [4.69, 9.17) is 0 Å². The second kappa shape index (κ2) is 3.74. The van der Waals surface area contributed by atoms with Crippen molar-refractivity contribution in [2.45, 2.75) is 38.6 Å². The van der Waals surface area contributed by atoms with Crippen LogP contribution in [-0.4, -0.2) is 23.4 Å². The third-order valence-electron chi connectivity index (χ3n) is 2.36. The van der Waals surface area contributed by atoms with Crippen molar-refractivity contribution in [1.82, 2.24) is 4.90 Å². The monoisotopic (exact) mass is 154 g/mol. The Morgan fingerprint density at radius 3 is 2.82 bits per heavy atom. The number of nitrogens with zero attached hydrogens (tertiary/aromatic N) is 1. The molecule has 11 heavy (non-hydrogen) atoms. The predicted octanol–water partition coefficient (Wildman–Crippen LogP) is 1.61. The number of piperidine rings is 1. The standard InChI is InChI=1S/C9H16NO/c1-3-9-6-4-5-7-10(9)8(2)11/h9H,1,3-7H2,2H3. The van der Waals surface area contributed by atoms with E-state index < -0.39 is 0 Å². The molecule has 0 aliphatic carbocycles. The zero-order valence-corrected chi connectivity index (χ0v) is 7.18. The zero-order chi connectivity index (χ0) is 8.27. The molecule has 1 aliphatic heterocycles. The smallest absolute Gasteiger partial charge is 0.219 e. The fourth-order valence-electron chi connectivity index (χ4n) is 1.72. The molecule has 0 saturated carbocycles. The van der Waals surface area contributed by atoms with E-state index in [-0.39, 0.29) is 5.91 Å². The van der Waals surface area contributed by atoms with E-state index in [0.29, 0.717) is 6.04 Å². The van der Waals surface area contributed by atoms with Crippen molar-refractivity contribution in [2.75, 3.05) is 6.54 Å². The summed E-state index contributed by atoms with van der Waals surface area (Å²) in [5.74, 6) is 0.207. The third kappa shape index (κ3) is 1.95. The van der Waals surface area contributed by atoms with Crippen molar-refractivity contribution >= 4 is 5.91 Å². The van der Waals surface area contributed by atoms with Gasteiger partial charge in [0.1, 0.15) is 0 Å². The first-order valence-corrected chi connectivity index (χ1v) is 4.32. The average molecular weight is 154 g/mol. The van der Waals surface area contributed by atoms with Gasteiger partial charge in [0.2, 0.25) is 5.91 Å². The molecule has 1 radical (unpaired) electrons. The van der Waals surface area contributed by atoms with Crippen molar-refractivity contribution in [3.8, 4) is 0 Å². The molecule has 0 spiro atoms. The Morgan fingerprint density at radius 1 is 1.64 bits per heavy atom. The van der Waals surface area contributed by atoms with Gasteiger partial charge in [0, 0.05) is 19.5 Å². The lowest BCUT2D eigenvalue weighted by molar-refractivity contribution is -0.132. The average Bonchev–Trinajstić information content (AvgIpc) is 2.04. The van der Waals surface area contributed by atoms with Crippen molar-refractivity contribution in [3.05, 3.63) is 6.92 Å². The molecule has 1 unspecified atom stereocenters. The van der Waals surface area contributed by atoms with Gasteiger partial charge in [-0.1, -0.05) is 6.92 Å². The fraction of sp³-hybridized carbons (Fsp3) is 0.778. The second-order valence-electron chi connectivity index (χ2n) is 3.15. The first kappa shape index (κ1) is 8.57. The summed E-state index contributed by atoms with van der Waals surface area (Å²) in [6.45, 7) is 6.43. The van der Waals surface area contributed by atoms with Crippen LogP contribution >= 0.6 is 0 Å². The first-order chi connectivity index (χ1) is 5.25. The highest BCUT2D eigenvalue weighted by Crippen LogP contribution is 2.18. The van der Waals surface area contributed by atoms with Crippen LogP contribution in [0.15, 0.2) is 0 Å². The number of carbonyl (C=O) groups is 1. The van der Waals surface area contributed by atoms with E-state index in [1.54, 1.807) is 6.92 Å². The molecule has 0 N–H and O–H groups in total. The van der Waals surface area contributed by atoms with E-state index in [9.17, 15) is 4.79 Å². The summed E-state index contributed by atoms with van der Waals surface area (Å²) in [5.41, 5.74) is 0. The third-order valence-corrected chi connectivity index (χ3v) is 2.36. The van der Waals surface area contributed by atoms with Gasteiger partial charge < -0.3 is 4.90 Å². The van der Waals surface area contributed by atoms with Crippen molar-refractivity contribution < 1.29 is 4.79 Å². The van der Waals surface area contributed by atoms with Gasteiger partial charge in [-0.05, 0) is 25.7 Å². The number of amides is 1. The van der Waals surface area contributed by atoms with Gasteiger partial charge in [0.05, 0.1) is 0 Å². The second-order valence-corrected chi connectivity index (χ2v) is 3.15. The molecule has 1 fully saturated rings. The quantitative estimate of drug-likeness (QED) is 0.562. The van der Waals surface area contributed by atoms with Crippen LogP contribution in [0.2, 0.25) is 0 Å². The Bertz CT molecular complexity index is 144. The molecule has 2 nitrogen and oxygen atoms in total. The highest BCUT2D eigenvalue weighted by atomic mass is 16.2. The molecule has 0 bridgehead atoms. The Hall–Kier alpha value is -0.530. The molecule has 0 aromatic rings. The van der Waals surface area contributed by atoms with Gasteiger partial charge in [-0.15, -0.1) is 0 Å². The van der Waals surface area contributed by atoms with Crippen LogP contribution in [0.25, 0.3) is 0 Å². The molecule has 0 aromatic carbocycles. The summed E-state index contributed by atoms with van der Waals surface area (Å²) < 4.78 is 0. The fourth-order valence-corrected chi connectivity index (χ4v) is 1.72. The van der Waals surface area contributed by atoms with Crippen molar-refractivity contribution in [1.29, 1.82) is 0 Å². The Morgan fingerprint density at radius 2 is 2.36 bits per heavy atom. The zero-order valence-electron chi connectivity index (χ0n) is 7.18. The van der Waals surface area contributed by atoms with Gasteiger partial charge in [0.15, 0.2) is 0 Å². The number of carbonyl (C=O) groups excluding carboxylic acids is 1. The highest BCUT2D eigenvalue weighted by Gasteiger charge is 2.21. The lowest BCUT2D eigenvalue weighted by Crippen LogP contribution is -2.42.